The minimum Gasteiger partial charge on any atom is -0.392 e. The third-order valence-electron chi connectivity index (χ3n) is 5.11. The van der Waals surface area contributed by atoms with Crippen LogP contribution in [0.5, 0.6) is 0 Å². The van der Waals surface area contributed by atoms with E-state index < -0.39 is 12.2 Å². The predicted octanol–water partition coefficient (Wildman–Crippen LogP) is 3.57. The van der Waals surface area contributed by atoms with Gasteiger partial charge in [-0.15, -0.1) is 5.73 Å². The monoisotopic (exact) mass is 382 g/mol. The van der Waals surface area contributed by atoms with Crippen LogP contribution < -0.4 is 0 Å². The Morgan fingerprint density at radius 2 is 2.04 bits per heavy atom. The van der Waals surface area contributed by atoms with Gasteiger partial charge in [-0.1, -0.05) is 42.5 Å². The molecule has 1 aromatic rings. The first-order chi connectivity index (χ1) is 13.5. The van der Waals surface area contributed by atoms with Crippen molar-refractivity contribution in [2.75, 3.05) is 0 Å². The number of ketones is 2. The second-order valence-corrected chi connectivity index (χ2v) is 7.45. The van der Waals surface area contributed by atoms with Crippen molar-refractivity contribution in [2.45, 2.75) is 57.7 Å². The van der Waals surface area contributed by atoms with Gasteiger partial charge in [0.15, 0.2) is 0 Å². The molecule has 0 spiro atoms. The molecular weight excluding hydrogens is 352 g/mol. The van der Waals surface area contributed by atoms with Crippen LogP contribution in [-0.2, 0) is 16.0 Å². The second kappa shape index (κ2) is 11.6. The van der Waals surface area contributed by atoms with Crippen LogP contribution in [0.2, 0.25) is 0 Å². The van der Waals surface area contributed by atoms with E-state index in [0.717, 1.165) is 6.42 Å². The SMILES string of the molecule is CC(=O)CCC=C=CC[C@H]1C(=O)C[C@@H](O)[C@@H]1/C=C/[C@@H](O)CCc1ccccc1. The average molecular weight is 383 g/mol. The van der Waals surface area contributed by atoms with E-state index in [4.69, 9.17) is 0 Å². The van der Waals surface area contributed by atoms with Gasteiger partial charge in [-0.05, 0) is 50.3 Å². The van der Waals surface area contributed by atoms with Gasteiger partial charge in [0.25, 0.3) is 0 Å². The third kappa shape index (κ3) is 7.40. The van der Waals surface area contributed by atoms with Crippen molar-refractivity contribution < 1.29 is 19.8 Å². The van der Waals surface area contributed by atoms with Crippen LogP contribution in [0.4, 0.5) is 0 Å². The number of Topliss-reactive ketones (excluding diaryl/α,β-unsaturated/α-hetero) is 2. The topological polar surface area (TPSA) is 74.6 Å². The fourth-order valence-corrected chi connectivity index (χ4v) is 3.48. The van der Waals surface area contributed by atoms with Crippen molar-refractivity contribution in [3.05, 3.63) is 65.9 Å². The highest BCUT2D eigenvalue weighted by Gasteiger charge is 2.39. The summed E-state index contributed by atoms with van der Waals surface area (Å²) in [5.41, 5.74) is 4.19. The summed E-state index contributed by atoms with van der Waals surface area (Å²) in [6.45, 7) is 1.56. The van der Waals surface area contributed by atoms with Gasteiger partial charge in [0.05, 0.1) is 12.2 Å². The summed E-state index contributed by atoms with van der Waals surface area (Å²) in [5, 5.41) is 20.4. The largest absolute Gasteiger partial charge is 0.392 e. The van der Waals surface area contributed by atoms with E-state index in [9.17, 15) is 19.8 Å². The first kappa shape index (κ1) is 22.0. The molecule has 0 heterocycles. The lowest BCUT2D eigenvalue weighted by molar-refractivity contribution is -0.121. The molecule has 4 heteroatoms. The minimum atomic E-state index is -0.704. The average Bonchev–Trinajstić information content (AvgIpc) is 2.94. The predicted molar refractivity (Wildman–Crippen MR) is 110 cm³/mol. The molecule has 1 aromatic carbocycles. The number of aliphatic hydroxyl groups is 2. The Bertz CT molecular complexity index is 728. The lowest BCUT2D eigenvalue weighted by Gasteiger charge is -2.16. The van der Waals surface area contributed by atoms with Crippen molar-refractivity contribution in [1.29, 1.82) is 0 Å². The lowest BCUT2D eigenvalue weighted by Crippen LogP contribution is -2.18. The molecule has 2 N–H and O–H groups in total. The number of carbonyl (C=O) groups is 2. The Hall–Kier alpha value is -2.26. The van der Waals surface area contributed by atoms with Crippen molar-refractivity contribution in [1.82, 2.24) is 0 Å². The van der Waals surface area contributed by atoms with Crippen molar-refractivity contribution >= 4 is 11.6 Å². The summed E-state index contributed by atoms with van der Waals surface area (Å²) in [6.07, 6.45) is 8.95. The van der Waals surface area contributed by atoms with Crippen molar-refractivity contribution in [2.24, 2.45) is 11.8 Å². The first-order valence-electron chi connectivity index (χ1n) is 9.97. The van der Waals surface area contributed by atoms with E-state index in [2.05, 4.69) is 5.73 Å². The molecule has 0 aliphatic heterocycles. The van der Waals surface area contributed by atoms with Crippen LogP contribution in [0, 0.1) is 11.8 Å². The number of aliphatic hydroxyl groups excluding tert-OH is 2. The van der Waals surface area contributed by atoms with E-state index in [1.165, 1.54) is 5.56 Å². The molecule has 0 radical (unpaired) electrons. The highest BCUT2D eigenvalue weighted by molar-refractivity contribution is 5.84. The van der Waals surface area contributed by atoms with E-state index in [0.29, 0.717) is 25.7 Å². The van der Waals surface area contributed by atoms with Crippen LogP contribution in [0.1, 0.15) is 44.6 Å². The number of allylic oxidation sites excluding steroid dienone is 1. The number of hydrogen-bond acceptors (Lipinski definition) is 4. The maximum atomic E-state index is 12.2. The van der Waals surface area contributed by atoms with Gasteiger partial charge in [-0.25, -0.2) is 0 Å². The summed E-state index contributed by atoms with van der Waals surface area (Å²) >= 11 is 0. The molecule has 150 valence electrons. The summed E-state index contributed by atoms with van der Waals surface area (Å²) in [7, 11) is 0. The standard InChI is InChI=1S/C24H30O4/c1-18(25)9-5-2-3-8-12-21-22(24(28)17-23(21)27)16-15-20(26)14-13-19-10-6-4-7-11-19/h2,4,6-8,10-11,15-16,20-22,24,26,28H,5,9,12-14,17H2,1H3/b16-15+/t3?,20-,21+,22+,24+/m0/s1. The molecule has 1 aliphatic rings. The van der Waals surface area contributed by atoms with Gasteiger partial charge in [-0.2, -0.15) is 0 Å². The maximum absolute atomic E-state index is 12.2. The maximum Gasteiger partial charge on any atom is 0.139 e. The second-order valence-electron chi connectivity index (χ2n) is 7.45. The van der Waals surface area contributed by atoms with Gasteiger partial charge in [0.1, 0.15) is 11.6 Å². The zero-order valence-corrected chi connectivity index (χ0v) is 16.5. The molecule has 1 saturated carbocycles. The van der Waals surface area contributed by atoms with E-state index in [1.807, 2.05) is 30.3 Å². The molecule has 4 nitrogen and oxygen atoms in total. The zero-order chi connectivity index (χ0) is 20.4. The molecule has 2 rings (SSSR count). The molecule has 0 saturated heterocycles. The van der Waals surface area contributed by atoms with Crippen LogP contribution in [0.3, 0.4) is 0 Å². The van der Waals surface area contributed by atoms with Crippen LogP contribution in [0.25, 0.3) is 0 Å². The minimum absolute atomic E-state index is 0.0442. The Balaban J connectivity index is 1.87. The highest BCUT2D eigenvalue weighted by Crippen LogP contribution is 2.33. The van der Waals surface area contributed by atoms with Gasteiger partial charge in [-0.3, -0.25) is 4.79 Å². The summed E-state index contributed by atoms with van der Waals surface area (Å²) in [6, 6.07) is 9.98. The van der Waals surface area contributed by atoms with E-state index in [-0.39, 0.29) is 29.8 Å². The lowest BCUT2D eigenvalue weighted by atomic mass is 9.90. The quantitative estimate of drug-likeness (QED) is 0.479. The Labute approximate surface area is 167 Å². The summed E-state index contributed by atoms with van der Waals surface area (Å²) in [5.74, 6) is -0.388. The Morgan fingerprint density at radius 1 is 1.29 bits per heavy atom. The highest BCUT2D eigenvalue weighted by atomic mass is 16.3. The third-order valence-corrected chi connectivity index (χ3v) is 5.11. The van der Waals surface area contributed by atoms with Gasteiger partial charge in [0.2, 0.25) is 0 Å². The molecule has 1 fully saturated rings. The number of rotatable bonds is 10. The van der Waals surface area contributed by atoms with Crippen molar-refractivity contribution in [3.63, 3.8) is 0 Å². The van der Waals surface area contributed by atoms with Gasteiger partial charge >= 0.3 is 0 Å². The van der Waals surface area contributed by atoms with Gasteiger partial charge in [0, 0.05) is 24.7 Å². The molecule has 28 heavy (non-hydrogen) atoms. The molecule has 1 aliphatic carbocycles. The number of hydrogen-bond donors (Lipinski definition) is 2. The molecule has 0 unspecified atom stereocenters. The normalized spacial score (nSPS) is 22.8. The Kier molecular flexibility index (Phi) is 9.09. The zero-order valence-electron chi connectivity index (χ0n) is 16.5. The fraction of sp³-hybridized carbons (Fsp3) is 0.458. The van der Waals surface area contributed by atoms with Crippen LogP contribution in [-0.4, -0.2) is 34.0 Å². The van der Waals surface area contributed by atoms with E-state index in [1.54, 1.807) is 31.2 Å². The van der Waals surface area contributed by atoms with Crippen LogP contribution >= 0.6 is 0 Å². The number of benzene rings is 1. The fourth-order valence-electron chi connectivity index (χ4n) is 3.48. The molecule has 4 atom stereocenters. The number of carbonyl (C=O) groups excluding carboxylic acids is 2. The smallest absolute Gasteiger partial charge is 0.139 e. The van der Waals surface area contributed by atoms with E-state index >= 15 is 0 Å². The molecule has 0 aromatic heterocycles. The first-order valence-corrected chi connectivity index (χ1v) is 9.97. The number of aryl methyl sites for hydroxylation is 1. The summed E-state index contributed by atoms with van der Waals surface area (Å²) in [4.78, 5) is 23.1. The molecule has 0 amide bonds. The molecule has 0 bridgehead atoms. The molecular formula is C24H30O4. The van der Waals surface area contributed by atoms with Crippen molar-refractivity contribution in [3.8, 4) is 0 Å². The summed E-state index contributed by atoms with van der Waals surface area (Å²) < 4.78 is 0. The van der Waals surface area contributed by atoms with Crippen LogP contribution in [0.15, 0.2) is 60.4 Å². The Morgan fingerprint density at radius 3 is 2.75 bits per heavy atom. The van der Waals surface area contributed by atoms with Gasteiger partial charge < -0.3 is 15.0 Å².